The van der Waals surface area contributed by atoms with E-state index in [1.165, 1.54) is 6.07 Å². The molecule has 1 aliphatic rings. The number of anilines is 1. The van der Waals surface area contributed by atoms with Crippen LogP contribution in [-0.2, 0) is 0 Å². The highest BCUT2D eigenvalue weighted by Gasteiger charge is 2.28. The number of benzene rings is 1. The summed E-state index contributed by atoms with van der Waals surface area (Å²) >= 11 is 5.69. The summed E-state index contributed by atoms with van der Waals surface area (Å²) in [5.41, 5.74) is 5.69. The van der Waals surface area contributed by atoms with Crippen LogP contribution < -0.4 is 10.6 Å². The molecule has 1 aromatic carbocycles. The zero-order chi connectivity index (χ0) is 13.3. The average molecular weight is 274 g/mol. The highest BCUT2D eigenvalue weighted by atomic mass is 35.5. The monoisotopic (exact) mass is 273 g/mol. The third kappa shape index (κ3) is 2.39. The quantitative estimate of drug-likeness (QED) is 0.677. The first-order valence-electron chi connectivity index (χ1n) is 5.61. The third-order valence-corrected chi connectivity index (χ3v) is 3.46. The van der Waals surface area contributed by atoms with Crippen molar-refractivity contribution >= 4 is 23.0 Å². The smallest absolute Gasteiger partial charge is 0.295 e. The lowest BCUT2D eigenvalue weighted by molar-refractivity contribution is -0.384. The van der Waals surface area contributed by atoms with Crippen LogP contribution in [0.4, 0.5) is 15.8 Å². The van der Waals surface area contributed by atoms with Gasteiger partial charge in [-0.2, -0.15) is 0 Å². The van der Waals surface area contributed by atoms with Crippen molar-refractivity contribution in [1.29, 1.82) is 0 Å². The topological polar surface area (TPSA) is 72.4 Å². The van der Waals surface area contributed by atoms with E-state index < -0.39 is 10.7 Å². The summed E-state index contributed by atoms with van der Waals surface area (Å²) < 4.78 is 13.3. The summed E-state index contributed by atoms with van der Waals surface area (Å²) in [5, 5.41) is 10.8. The van der Waals surface area contributed by atoms with Gasteiger partial charge >= 0.3 is 0 Å². The summed E-state index contributed by atoms with van der Waals surface area (Å²) in [6, 6.07) is 2.18. The van der Waals surface area contributed by atoms with E-state index in [4.69, 9.17) is 17.3 Å². The first-order chi connectivity index (χ1) is 8.52. The van der Waals surface area contributed by atoms with Crippen molar-refractivity contribution in [3.63, 3.8) is 0 Å². The maximum absolute atomic E-state index is 13.3. The maximum Gasteiger partial charge on any atom is 0.295 e. The molecular weight excluding hydrogens is 261 g/mol. The summed E-state index contributed by atoms with van der Waals surface area (Å²) in [4.78, 5) is 12.2. The molecule has 1 fully saturated rings. The molecule has 1 unspecified atom stereocenters. The van der Waals surface area contributed by atoms with Gasteiger partial charge in [0.1, 0.15) is 11.5 Å². The molecule has 0 radical (unpaired) electrons. The van der Waals surface area contributed by atoms with Crippen molar-refractivity contribution in [3.05, 3.63) is 33.1 Å². The van der Waals surface area contributed by atoms with Crippen LogP contribution in [0.15, 0.2) is 12.1 Å². The fraction of sp³-hybridized carbons (Fsp3) is 0.455. The van der Waals surface area contributed by atoms with Crippen LogP contribution in [-0.4, -0.2) is 24.6 Å². The summed E-state index contributed by atoms with van der Waals surface area (Å²) in [6.45, 7) is 1.85. The van der Waals surface area contributed by atoms with Crippen LogP contribution in [0.5, 0.6) is 0 Å². The highest BCUT2D eigenvalue weighted by molar-refractivity contribution is 6.31. The Labute approximate surface area is 108 Å². The van der Waals surface area contributed by atoms with Gasteiger partial charge in [-0.05, 0) is 24.9 Å². The Balaban J connectivity index is 2.37. The SMILES string of the molecule is NCC1CCN(c2cc(Cl)c(F)cc2[N+](=O)[O-])C1. The van der Waals surface area contributed by atoms with Crippen LogP contribution in [0.1, 0.15) is 6.42 Å². The van der Waals surface area contributed by atoms with Gasteiger partial charge < -0.3 is 10.6 Å². The molecule has 1 heterocycles. The van der Waals surface area contributed by atoms with Gasteiger partial charge in [-0.1, -0.05) is 11.6 Å². The fourth-order valence-electron chi connectivity index (χ4n) is 2.17. The fourth-order valence-corrected chi connectivity index (χ4v) is 2.33. The second-order valence-corrected chi connectivity index (χ2v) is 4.76. The molecule has 2 rings (SSSR count). The molecule has 0 aromatic heterocycles. The van der Waals surface area contributed by atoms with E-state index in [0.29, 0.717) is 31.2 Å². The van der Waals surface area contributed by atoms with Gasteiger partial charge in [-0.15, -0.1) is 0 Å². The van der Waals surface area contributed by atoms with Crippen molar-refractivity contribution in [1.82, 2.24) is 0 Å². The molecule has 0 saturated carbocycles. The van der Waals surface area contributed by atoms with Gasteiger partial charge in [0.15, 0.2) is 0 Å². The lowest BCUT2D eigenvalue weighted by atomic mass is 10.1. The first-order valence-corrected chi connectivity index (χ1v) is 5.99. The number of hydrogen-bond acceptors (Lipinski definition) is 4. The standard InChI is InChI=1S/C11H13ClFN3O2/c12-8-3-10(11(16(17)18)4-9(8)13)15-2-1-7(5-14)6-15/h3-4,7H,1-2,5-6,14H2. The van der Waals surface area contributed by atoms with E-state index in [9.17, 15) is 14.5 Å². The molecule has 98 valence electrons. The summed E-state index contributed by atoms with van der Waals surface area (Å²) in [5.74, 6) is -0.463. The zero-order valence-corrected chi connectivity index (χ0v) is 10.4. The Hall–Kier alpha value is -1.40. The highest BCUT2D eigenvalue weighted by Crippen LogP contribution is 2.35. The predicted octanol–water partition coefficient (Wildman–Crippen LogP) is 2.17. The minimum Gasteiger partial charge on any atom is -0.366 e. The van der Waals surface area contributed by atoms with Crippen LogP contribution in [0.3, 0.4) is 0 Å². The Bertz CT molecular complexity index is 484. The molecule has 18 heavy (non-hydrogen) atoms. The Morgan fingerprint density at radius 1 is 1.61 bits per heavy atom. The summed E-state index contributed by atoms with van der Waals surface area (Å²) in [7, 11) is 0. The molecule has 0 bridgehead atoms. The number of rotatable bonds is 3. The third-order valence-electron chi connectivity index (χ3n) is 3.17. The van der Waals surface area contributed by atoms with Crippen molar-refractivity contribution in [3.8, 4) is 0 Å². The van der Waals surface area contributed by atoms with E-state index >= 15 is 0 Å². The molecule has 0 aliphatic carbocycles. The minimum absolute atomic E-state index is 0.105. The lowest BCUT2D eigenvalue weighted by Gasteiger charge is -2.18. The van der Waals surface area contributed by atoms with Crippen LogP contribution in [0.25, 0.3) is 0 Å². The van der Waals surface area contributed by atoms with E-state index in [1.54, 1.807) is 0 Å². The van der Waals surface area contributed by atoms with Gasteiger partial charge in [-0.25, -0.2) is 4.39 Å². The van der Waals surface area contributed by atoms with Gasteiger partial charge in [-0.3, -0.25) is 10.1 Å². The summed E-state index contributed by atoms with van der Waals surface area (Å²) in [6.07, 6.45) is 0.878. The molecular formula is C11H13ClFN3O2. The Morgan fingerprint density at radius 3 is 2.89 bits per heavy atom. The molecule has 0 amide bonds. The maximum atomic E-state index is 13.3. The van der Waals surface area contributed by atoms with Crippen LogP contribution in [0, 0.1) is 21.8 Å². The van der Waals surface area contributed by atoms with Gasteiger partial charge in [0.25, 0.3) is 5.69 Å². The molecule has 5 nitrogen and oxygen atoms in total. The van der Waals surface area contributed by atoms with Crippen molar-refractivity contribution in [2.45, 2.75) is 6.42 Å². The number of hydrogen-bond donors (Lipinski definition) is 1. The number of halogens is 2. The second kappa shape index (κ2) is 5.07. The Morgan fingerprint density at radius 2 is 2.33 bits per heavy atom. The number of nitrogens with zero attached hydrogens (tertiary/aromatic N) is 2. The zero-order valence-electron chi connectivity index (χ0n) is 9.60. The molecule has 2 N–H and O–H groups in total. The number of nitrogens with two attached hydrogens (primary N) is 1. The van der Waals surface area contributed by atoms with Crippen LogP contribution >= 0.6 is 11.6 Å². The average Bonchev–Trinajstić information content (AvgIpc) is 2.80. The molecule has 7 heteroatoms. The van der Waals surface area contributed by atoms with Gasteiger partial charge in [0.05, 0.1) is 16.0 Å². The normalized spacial score (nSPS) is 19.3. The predicted molar refractivity (Wildman–Crippen MR) is 67.4 cm³/mol. The molecule has 1 aromatic rings. The molecule has 0 spiro atoms. The first kappa shape index (κ1) is 13.0. The second-order valence-electron chi connectivity index (χ2n) is 4.35. The van der Waals surface area contributed by atoms with E-state index in [-0.39, 0.29) is 10.7 Å². The van der Waals surface area contributed by atoms with Crippen molar-refractivity contribution in [2.75, 3.05) is 24.5 Å². The van der Waals surface area contributed by atoms with E-state index in [1.807, 2.05) is 4.90 Å². The van der Waals surface area contributed by atoms with Gasteiger partial charge in [0.2, 0.25) is 0 Å². The van der Waals surface area contributed by atoms with Crippen molar-refractivity contribution in [2.24, 2.45) is 11.7 Å². The van der Waals surface area contributed by atoms with E-state index in [2.05, 4.69) is 0 Å². The minimum atomic E-state index is -0.776. The largest absolute Gasteiger partial charge is 0.366 e. The lowest BCUT2D eigenvalue weighted by Crippen LogP contribution is -2.23. The molecule has 1 atom stereocenters. The molecule has 1 saturated heterocycles. The number of nitro benzene ring substituents is 1. The number of nitro groups is 1. The Kier molecular flexibility index (Phi) is 3.68. The van der Waals surface area contributed by atoms with Crippen LogP contribution in [0.2, 0.25) is 5.02 Å². The molecule has 1 aliphatic heterocycles. The van der Waals surface area contributed by atoms with E-state index in [0.717, 1.165) is 12.5 Å². The van der Waals surface area contributed by atoms with Gasteiger partial charge in [0, 0.05) is 13.1 Å². The van der Waals surface area contributed by atoms with Crippen molar-refractivity contribution < 1.29 is 9.31 Å².